The van der Waals surface area contributed by atoms with Crippen molar-refractivity contribution in [2.24, 2.45) is 29.6 Å². The topological polar surface area (TPSA) is 503 Å². The van der Waals surface area contributed by atoms with Gasteiger partial charge in [-0.25, -0.2) is 48.9 Å². The van der Waals surface area contributed by atoms with Crippen molar-refractivity contribution in [3.05, 3.63) is 228 Å². The number of hydrogen-bond acceptors (Lipinski definition) is 28. The third kappa shape index (κ3) is 27.4. The van der Waals surface area contributed by atoms with Gasteiger partial charge in [0.15, 0.2) is 0 Å². The van der Waals surface area contributed by atoms with E-state index in [2.05, 4.69) is 210 Å². The molecule has 37 heteroatoms. The number of aromatic amines is 5. The molecule has 1 amide bonds. The summed E-state index contributed by atoms with van der Waals surface area (Å²) in [6.07, 6.45) is 21.5. The molecule has 18 rings (SSSR count). The van der Waals surface area contributed by atoms with E-state index in [9.17, 15) is 38.7 Å². The van der Waals surface area contributed by atoms with Crippen LogP contribution in [0.2, 0.25) is 0 Å². The molecule has 0 spiro atoms. The number of aliphatic carboxylic acids is 1. The number of ether oxygens (including phenoxy) is 4. The van der Waals surface area contributed by atoms with E-state index in [1.807, 2.05) is 74.0 Å². The number of benzene rings is 3. The first-order chi connectivity index (χ1) is 66.4. The predicted molar refractivity (Wildman–Crippen MR) is 528 cm³/mol. The molecule has 36 nitrogen and oxygen atoms in total. The van der Waals surface area contributed by atoms with Crippen LogP contribution in [0.3, 0.4) is 0 Å². The van der Waals surface area contributed by atoms with Gasteiger partial charge in [0, 0.05) is 178 Å². The van der Waals surface area contributed by atoms with Crippen molar-refractivity contribution < 1.29 is 87.1 Å². The van der Waals surface area contributed by atoms with Gasteiger partial charge in [-0.1, -0.05) is 126 Å². The number of likely N-dealkylation sites (tertiary alicyclic amines) is 4. The number of amides is 1. The Bertz CT molecular complexity index is 6340. The summed E-state index contributed by atoms with van der Waals surface area (Å²) >= 11 is 0. The minimum absolute atomic E-state index is 0. The molecule has 15 heterocycles. The maximum Gasteiger partial charge on any atom is 1.00 e. The van der Waals surface area contributed by atoms with Crippen molar-refractivity contribution in [1.29, 1.82) is 10.5 Å². The number of methoxy groups -OCH3 is 3. The Hall–Kier alpha value is -14.2. The number of fused-ring (bicyclic) bond motifs is 5. The van der Waals surface area contributed by atoms with E-state index < -0.39 is 24.3 Å². The fraction of sp³-hybridized carbons (Fsp3) is 0.392. The third-order valence-electron chi connectivity index (χ3n) is 26.0. The monoisotopic (exact) mass is 1890 g/mol. The Labute approximate surface area is 818 Å². The first-order valence-electron chi connectivity index (χ1n) is 46.5. The Morgan fingerprint density at radius 3 is 0.993 bits per heavy atom. The molecule has 5 fully saturated rings. The number of H-pyrrole nitrogens is 5. The van der Waals surface area contributed by atoms with Crippen LogP contribution in [0.5, 0.6) is 0 Å². The molecule has 0 aliphatic carbocycles. The number of carbonyl (C=O) groups excluding carboxylic acids is 5. The van der Waals surface area contributed by atoms with Gasteiger partial charge in [-0.2, -0.15) is 10.5 Å². The molecule has 3 aromatic carbocycles. The maximum atomic E-state index is 12.5. The van der Waals surface area contributed by atoms with Gasteiger partial charge in [-0.15, -0.1) is 0 Å². The molecule has 10 aromatic heterocycles. The molecule has 0 bridgehead atoms. The molecule has 139 heavy (non-hydrogen) atoms. The average molecular weight is 1890 g/mol. The second-order valence-corrected chi connectivity index (χ2v) is 35.3. The Kier molecular flexibility index (Phi) is 38.8. The summed E-state index contributed by atoms with van der Waals surface area (Å²) < 4.78 is 20.0. The summed E-state index contributed by atoms with van der Waals surface area (Å²) in [6, 6.07) is 45.4. The molecular weight excluding hydrogens is 1760 g/mol. The number of piperidine rings is 5. The smallest absolute Gasteiger partial charge is 0.870 e. The fourth-order valence-electron chi connectivity index (χ4n) is 17.9. The molecule has 5 saturated heterocycles. The number of aromatic nitrogens is 10. The summed E-state index contributed by atoms with van der Waals surface area (Å²) in [5.41, 5.74) is 13.3. The molecule has 0 unspecified atom stereocenters. The van der Waals surface area contributed by atoms with E-state index >= 15 is 0 Å². The average Bonchev–Trinajstić information content (AvgIpc) is 1.74. The van der Waals surface area contributed by atoms with E-state index in [1.54, 1.807) is 35.9 Å². The van der Waals surface area contributed by atoms with Crippen LogP contribution >= 0.6 is 0 Å². The van der Waals surface area contributed by atoms with Gasteiger partial charge in [-0.05, 0) is 142 Å². The predicted octanol–water partition coefficient (Wildman–Crippen LogP) is 11.8. The SMILES string of the molecule is CCOC(=O)c1cnc2[nH]ccc2c1N[C@H]1CN(Cc2ccccc2)CC[C@H]1C.COC(=O)c1cnc2[nH]ccc2c1N[C@H]1CN(C(=O)CC#N)CC[C@H]1C.COC(=O)c1cnc2[nH]ccc2c1N[C@H]1CN(Cc2ccccc2)CC[C@H]1C.COC(=O)c1cnc2[nH]ccc2c1N[C@H]1CNCC[C@H]1C.C[C@@H]1CCN(Cc2ccccc2)C[C@@H]1Nc1c(C(=O)O)cnc2[nH]ccc12.N#CCC(=O)O.[Li+].[OH-]. The summed E-state index contributed by atoms with van der Waals surface area (Å²) in [4.78, 5) is 128. The van der Waals surface area contributed by atoms with E-state index in [-0.39, 0.29) is 90.3 Å². The Morgan fingerprint density at radius 2 is 0.698 bits per heavy atom. The van der Waals surface area contributed by atoms with Gasteiger partial charge in [0.1, 0.15) is 68.9 Å². The largest absolute Gasteiger partial charge is 1.00 e. The number of hydrogen-bond donors (Lipinski definition) is 13. The minimum atomic E-state index is -1.07. The van der Waals surface area contributed by atoms with E-state index in [0.29, 0.717) is 94.2 Å². The molecule has 5 aliphatic rings. The van der Waals surface area contributed by atoms with Gasteiger partial charge < -0.3 is 96.4 Å². The molecule has 0 radical (unpaired) electrons. The van der Waals surface area contributed by atoms with Crippen LogP contribution in [0, 0.1) is 52.3 Å². The molecule has 10 atom stereocenters. The number of aromatic carboxylic acids is 1. The van der Waals surface area contributed by atoms with E-state index in [4.69, 9.17) is 34.6 Å². The van der Waals surface area contributed by atoms with Gasteiger partial charge in [0.2, 0.25) is 5.91 Å². The maximum absolute atomic E-state index is 12.5. The van der Waals surface area contributed by atoms with Crippen LogP contribution in [-0.4, -0.2) is 250 Å². The van der Waals surface area contributed by atoms with Crippen molar-refractivity contribution in [2.75, 3.05) is 120 Å². The second kappa shape index (κ2) is 51.3. The number of nitriles is 2. The molecule has 5 aliphatic heterocycles. The molecular formula is C102H123LiN22O14. The van der Waals surface area contributed by atoms with Crippen LogP contribution in [-0.2, 0) is 48.2 Å². The van der Waals surface area contributed by atoms with Crippen molar-refractivity contribution in [1.82, 2.24) is 74.8 Å². The van der Waals surface area contributed by atoms with Crippen molar-refractivity contribution >= 4 is 125 Å². The first-order valence-corrected chi connectivity index (χ1v) is 46.5. The van der Waals surface area contributed by atoms with Crippen LogP contribution in [0.1, 0.15) is 155 Å². The Morgan fingerprint density at radius 1 is 0.403 bits per heavy atom. The molecule has 726 valence electrons. The number of esters is 4. The number of nitrogens with one attached hydrogen (secondary N) is 11. The van der Waals surface area contributed by atoms with Crippen molar-refractivity contribution in [3.63, 3.8) is 0 Å². The third-order valence-corrected chi connectivity index (χ3v) is 26.0. The van der Waals surface area contributed by atoms with Crippen LogP contribution in [0.15, 0.2) is 183 Å². The molecule has 13 aromatic rings. The number of anilines is 5. The summed E-state index contributed by atoms with van der Waals surface area (Å²) in [6.45, 7) is 25.0. The van der Waals surface area contributed by atoms with Crippen molar-refractivity contribution in [2.45, 2.75) is 136 Å². The quantitative estimate of drug-likeness (QED) is 0.0152. The van der Waals surface area contributed by atoms with Crippen molar-refractivity contribution in [3.8, 4) is 12.1 Å². The zero-order valence-electron chi connectivity index (χ0n) is 80.2. The number of nitrogens with zero attached hydrogens (tertiary/aromatic N) is 11. The van der Waals surface area contributed by atoms with Gasteiger partial charge >= 0.3 is 54.7 Å². The Balaban J connectivity index is 0.000000164. The number of carbonyl (C=O) groups is 7. The van der Waals surface area contributed by atoms with Crippen LogP contribution < -0.4 is 50.8 Å². The molecule has 0 saturated carbocycles. The second-order valence-electron chi connectivity index (χ2n) is 35.3. The van der Waals surface area contributed by atoms with E-state index in [0.717, 1.165) is 165 Å². The summed E-state index contributed by atoms with van der Waals surface area (Å²) in [5.74, 6) is -1.45. The van der Waals surface area contributed by atoms with Gasteiger partial charge in [0.25, 0.3) is 0 Å². The zero-order chi connectivity index (χ0) is 97.0. The summed E-state index contributed by atoms with van der Waals surface area (Å²) in [5, 5.41) is 59.2. The normalized spacial score (nSPS) is 19.6. The number of rotatable bonds is 24. The fourth-order valence-corrected chi connectivity index (χ4v) is 17.9. The van der Waals surface area contributed by atoms with Crippen LogP contribution in [0.4, 0.5) is 28.4 Å². The number of carboxylic acid groups (broad SMARTS) is 2. The number of carboxylic acids is 2. The van der Waals surface area contributed by atoms with Gasteiger partial charge in [0.05, 0.1) is 68.5 Å². The van der Waals surface area contributed by atoms with Crippen LogP contribution in [0.25, 0.3) is 55.2 Å². The first kappa shape index (κ1) is 105. The number of pyridine rings is 5. The molecule has 14 N–H and O–H groups in total. The zero-order valence-corrected chi connectivity index (χ0v) is 80.2. The minimum Gasteiger partial charge on any atom is -0.870 e. The van der Waals surface area contributed by atoms with E-state index in [1.165, 1.54) is 56.5 Å². The standard InChI is InChI=1S/C23H28N4O2.C22H26N4O2.C21H24N4O2.C18H21N5O3.C15H20N4O2.C3H3NO2.Li.H2O/c1-3-29-23(28)19-13-25-22-18(9-11-24-22)21(19)26-20-15-27(12-10-16(20)2)14-17-7-5-4-6-8-17;1-15-9-11-26(13-16-6-4-3-5-7-16)14-19(15)25-20-17-8-10-23-21(17)24-12-18(20)22(27)28-2;1-14-8-10-25(12-15-5-3-2-4-6-15)13-18(14)24-19-16-7-9-22-20(16)23-11-17(19)21(26)27;1-11-5-8-23(15(24)3-6-19)10-14(11)22-16-12-4-7-20-17(12)21-9-13(16)18(25)26-2;1-9-3-5-16-8-12(9)19-13-10-4-6-17-14(10)18-7-11(13)15(20)21-2;4-2-1-3(5)6;;/h4-9,11,13,16,20H,3,10,12,14-15H2,1-2H3,(H2,24,25,26);3-8,10,12,15,19H,9,11,13-14H2,1-2H3,(H2,23,24,25);2-7,9,11,14,18H,8,10,12-13H2,1H3,(H,26,27)(H2,22,23,24);4,7,9,11,14H,3,5,8,10H2,1-2H3,(H2,20,21,22);4,6-7,9,12,16H,3,5,8H2,1-2H3,(H2,17,18,19);1H2,(H,5,6);;1H2/q;;;;;;+1;/p-1/t16-,20+;15-,19+;14-,18+;11-,14+;9-,12+;;;/m11111.../s1. The summed E-state index contributed by atoms with van der Waals surface area (Å²) in [7, 11) is 4.12. The van der Waals surface area contributed by atoms with Gasteiger partial charge in [-0.3, -0.25) is 24.3 Å².